The van der Waals surface area contributed by atoms with Crippen molar-refractivity contribution in [3.63, 3.8) is 0 Å². The summed E-state index contributed by atoms with van der Waals surface area (Å²) in [6.07, 6.45) is 3.50. The number of rotatable bonds is 8. The van der Waals surface area contributed by atoms with Crippen molar-refractivity contribution in [2.24, 2.45) is 11.7 Å². The predicted octanol–water partition coefficient (Wildman–Crippen LogP) is 2.18. The second-order valence-corrected chi connectivity index (χ2v) is 5.71. The largest absolute Gasteiger partial charge is 0.381 e. The minimum absolute atomic E-state index is 0.235. The summed E-state index contributed by atoms with van der Waals surface area (Å²) in [5.74, 6) is 0.793. The van der Waals surface area contributed by atoms with Crippen LogP contribution in [0.1, 0.15) is 31.2 Å². The third-order valence-corrected chi connectivity index (χ3v) is 3.99. The molecule has 0 radical (unpaired) electrons. The van der Waals surface area contributed by atoms with E-state index in [-0.39, 0.29) is 5.91 Å². The lowest BCUT2D eigenvalue weighted by atomic mass is 10.0. The highest BCUT2D eigenvalue weighted by Gasteiger charge is 2.19. The van der Waals surface area contributed by atoms with Crippen LogP contribution in [-0.4, -0.2) is 37.1 Å². The summed E-state index contributed by atoms with van der Waals surface area (Å²) >= 11 is 0. The summed E-state index contributed by atoms with van der Waals surface area (Å²) in [6.45, 7) is 3.70. The molecule has 1 aliphatic heterocycles. The number of hydrogen-bond acceptors (Lipinski definition) is 3. The molecule has 1 unspecified atom stereocenters. The molecule has 4 nitrogen and oxygen atoms in total. The van der Waals surface area contributed by atoms with Crippen LogP contribution in [0.25, 0.3) is 0 Å². The maximum Gasteiger partial charge on any atom is 0.222 e. The number of carbonyl (C=O) groups is 1. The minimum atomic E-state index is 0.235. The molecule has 2 rings (SSSR count). The molecular formula is C17H26N2O2. The Balaban J connectivity index is 1.86. The number of nitrogens with two attached hydrogens (primary N) is 1. The van der Waals surface area contributed by atoms with Gasteiger partial charge in [0, 0.05) is 32.7 Å². The molecule has 0 spiro atoms. The summed E-state index contributed by atoms with van der Waals surface area (Å²) in [7, 11) is 0. The third-order valence-electron chi connectivity index (χ3n) is 3.99. The summed E-state index contributed by atoms with van der Waals surface area (Å²) < 4.78 is 5.37. The predicted molar refractivity (Wildman–Crippen MR) is 83.7 cm³/mol. The van der Waals surface area contributed by atoms with E-state index in [1.807, 2.05) is 23.1 Å². The Morgan fingerprint density at radius 2 is 2.14 bits per heavy atom. The van der Waals surface area contributed by atoms with Crippen LogP contribution in [0.3, 0.4) is 0 Å². The van der Waals surface area contributed by atoms with Crippen LogP contribution in [0, 0.1) is 5.92 Å². The monoisotopic (exact) mass is 290 g/mol. The van der Waals surface area contributed by atoms with Crippen LogP contribution in [0.5, 0.6) is 0 Å². The van der Waals surface area contributed by atoms with Crippen LogP contribution in [0.2, 0.25) is 0 Å². The summed E-state index contributed by atoms with van der Waals surface area (Å²) in [5.41, 5.74) is 6.76. The smallest absolute Gasteiger partial charge is 0.222 e. The van der Waals surface area contributed by atoms with E-state index in [0.717, 1.165) is 39.0 Å². The van der Waals surface area contributed by atoms with Gasteiger partial charge in [-0.25, -0.2) is 0 Å². The zero-order valence-corrected chi connectivity index (χ0v) is 12.7. The van der Waals surface area contributed by atoms with Gasteiger partial charge >= 0.3 is 0 Å². The Morgan fingerprint density at radius 1 is 1.33 bits per heavy atom. The van der Waals surface area contributed by atoms with Gasteiger partial charge in [0.05, 0.1) is 0 Å². The molecule has 0 aromatic heterocycles. The third kappa shape index (κ3) is 5.48. The molecule has 0 saturated carbocycles. The van der Waals surface area contributed by atoms with Crippen molar-refractivity contribution in [2.45, 2.75) is 32.2 Å². The fourth-order valence-corrected chi connectivity index (χ4v) is 2.67. The van der Waals surface area contributed by atoms with Crippen molar-refractivity contribution in [1.29, 1.82) is 0 Å². The Labute approximate surface area is 127 Å². The first-order valence-corrected chi connectivity index (χ1v) is 7.89. The number of carbonyl (C=O) groups excluding carboxylic acids is 1. The van der Waals surface area contributed by atoms with Gasteiger partial charge in [-0.2, -0.15) is 0 Å². The number of hydrogen-bond donors (Lipinski definition) is 1. The standard InChI is InChI=1S/C17H26N2O2/c18-10-4-11-19(13-15-5-2-1-3-6-15)17(20)8-7-16-9-12-21-14-16/h1-3,5-6,16H,4,7-14,18H2. The van der Waals surface area contributed by atoms with Crippen LogP contribution in [-0.2, 0) is 16.1 Å². The van der Waals surface area contributed by atoms with Gasteiger partial charge in [-0.05, 0) is 37.3 Å². The first-order chi connectivity index (χ1) is 10.3. The molecule has 1 heterocycles. The van der Waals surface area contributed by atoms with Gasteiger partial charge in [-0.15, -0.1) is 0 Å². The summed E-state index contributed by atoms with van der Waals surface area (Å²) in [6, 6.07) is 10.1. The van der Waals surface area contributed by atoms with Crippen LogP contribution in [0.15, 0.2) is 30.3 Å². The Morgan fingerprint density at radius 3 is 2.81 bits per heavy atom. The average Bonchev–Trinajstić information content (AvgIpc) is 3.03. The molecule has 4 heteroatoms. The van der Waals surface area contributed by atoms with Gasteiger partial charge in [-0.1, -0.05) is 30.3 Å². The summed E-state index contributed by atoms with van der Waals surface area (Å²) in [4.78, 5) is 14.4. The minimum Gasteiger partial charge on any atom is -0.381 e. The fourth-order valence-electron chi connectivity index (χ4n) is 2.67. The molecule has 1 aromatic rings. The first-order valence-electron chi connectivity index (χ1n) is 7.89. The van der Waals surface area contributed by atoms with Crippen molar-refractivity contribution < 1.29 is 9.53 Å². The highest BCUT2D eigenvalue weighted by molar-refractivity contribution is 5.76. The van der Waals surface area contributed by atoms with E-state index in [9.17, 15) is 4.79 Å². The summed E-state index contributed by atoms with van der Waals surface area (Å²) in [5, 5.41) is 0. The van der Waals surface area contributed by atoms with Crippen molar-refractivity contribution in [1.82, 2.24) is 4.90 Å². The van der Waals surface area contributed by atoms with Gasteiger partial charge in [-0.3, -0.25) is 4.79 Å². The molecule has 116 valence electrons. The lowest BCUT2D eigenvalue weighted by molar-refractivity contribution is -0.132. The maximum absolute atomic E-state index is 12.5. The molecular weight excluding hydrogens is 264 g/mol. The van der Waals surface area contributed by atoms with Crippen LogP contribution < -0.4 is 5.73 Å². The Hall–Kier alpha value is -1.39. The average molecular weight is 290 g/mol. The van der Waals surface area contributed by atoms with Crippen LogP contribution >= 0.6 is 0 Å². The lowest BCUT2D eigenvalue weighted by Crippen LogP contribution is -2.32. The van der Waals surface area contributed by atoms with E-state index in [2.05, 4.69) is 12.1 Å². The quantitative estimate of drug-likeness (QED) is 0.798. The van der Waals surface area contributed by atoms with Crippen molar-refractivity contribution >= 4 is 5.91 Å². The van der Waals surface area contributed by atoms with E-state index in [0.29, 0.717) is 25.4 Å². The van der Waals surface area contributed by atoms with Crippen molar-refractivity contribution in [3.8, 4) is 0 Å². The van der Waals surface area contributed by atoms with Gasteiger partial charge < -0.3 is 15.4 Å². The first kappa shape index (κ1) is 16.0. The molecule has 1 atom stereocenters. The number of ether oxygens (including phenoxy) is 1. The van der Waals surface area contributed by atoms with E-state index < -0.39 is 0 Å². The zero-order chi connectivity index (χ0) is 14.9. The highest BCUT2D eigenvalue weighted by atomic mass is 16.5. The molecule has 1 saturated heterocycles. The molecule has 0 aliphatic carbocycles. The second-order valence-electron chi connectivity index (χ2n) is 5.71. The molecule has 1 fully saturated rings. The number of amides is 1. The van der Waals surface area contributed by atoms with Crippen molar-refractivity contribution in [2.75, 3.05) is 26.3 Å². The van der Waals surface area contributed by atoms with Crippen LogP contribution in [0.4, 0.5) is 0 Å². The zero-order valence-electron chi connectivity index (χ0n) is 12.7. The SMILES string of the molecule is NCCCN(Cc1ccccc1)C(=O)CCC1CCOC1. The Bertz CT molecular complexity index is 416. The highest BCUT2D eigenvalue weighted by Crippen LogP contribution is 2.19. The van der Waals surface area contributed by atoms with Gasteiger partial charge in [0.2, 0.25) is 5.91 Å². The lowest BCUT2D eigenvalue weighted by Gasteiger charge is -2.23. The van der Waals surface area contributed by atoms with E-state index in [1.54, 1.807) is 0 Å². The topological polar surface area (TPSA) is 55.6 Å². The van der Waals surface area contributed by atoms with E-state index in [1.165, 1.54) is 5.56 Å². The molecule has 1 aliphatic rings. The molecule has 0 bridgehead atoms. The van der Waals surface area contributed by atoms with E-state index >= 15 is 0 Å². The fraction of sp³-hybridized carbons (Fsp3) is 0.588. The maximum atomic E-state index is 12.5. The van der Waals surface area contributed by atoms with Gasteiger partial charge in [0.25, 0.3) is 0 Å². The number of nitrogens with zero attached hydrogens (tertiary/aromatic N) is 1. The second kappa shape index (κ2) is 8.80. The van der Waals surface area contributed by atoms with Gasteiger partial charge in [0.15, 0.2) is 0 Å². The molecule has 1 amide bonds. The van der Waals surface area contributed by atoms with Gasteiger partial charge in [0.1, 0.15) is 0 Å². The molecule has 2 N–H and O–H groups in total. The normalized spacial score (nSPS) is 17.9. The number of benzene rings is 1. The molecule has 1 aromatic carbocycles. The van der Waals surface area contributed by atoms with Crippen molar-refractivity contribution in [3.05, 3.63) is 35.9 Å². The van der Waals surface area contributed by atoms with E-state index in [4.69, 9.17) is 10.5 Å². The Kier molecular flexibility index (Phi) is 6.70. The molecule has 21 heavy (non-hydrogen) atoms.